The van der Waals surface area contributed by atoms with E-state index in [2.05, 4.69) is 10.6 Å². The molecule has 2 N–H and O–H groups in total. The zero-order valence-electron chi connectivity index (χ0n) is 11.2. The number of ether oxygens (including phenoxy) is 1. The molecule has 0 unspecified atom stereocenters. The number of amides is 2. The van der Waals surface area contributed by atoms with Crippen LogP contribution in [0.4, 0.5) is 5.69 Å². The Morgan fingerprint density at radius 2 is 2.15 bits per heavy atom. The molecule has 1 heterocycles. The van der Waals surface area contributed by atoms with Crippen molar-refractivity contribution in [3.05, 3.63) is 23.8 Å². The van der Waals surface area contributed by atoms with Gasteiger partial charge in [-0.05, 0) is 25.1 Å². The third-order valence-electron chi connectivity index (χ3n) is 2.89. The predicted octanol–water partition coefficient (Wildman–Crippen LogP) is 1.12. The van der Waals surface area contributed by atoms with Crippen molar-refractivity contribution in [2.75, 3.05) is 18.5 Å². The summed E-state index contributed by atoms with van der Waals surface area (Å²) in [7, 11) is 0. The number of nitrogens with one attached hydrogen (secondary N) is 2. The van der Waals surface area contributed by atoms with Crippen LogP contribution in [0.2, 0.25) is 0 Å². The molecular weight excluding hydrogens is 260 g/mol. The van der Waals surface area contributed by atoms with Gasteiger partial charge in [0.1, 0.15) is 5.75 Å². The lowest BCUT2D eigenvalue weighted by molar-refractivity contribution is -0.121. The van der Waals surface area contributed by atoms with Crippen molar-refractivity contribution in [2.24, 2.45) is 0 Å². The van der Waals surface area contributed by atoms with Crippen molar-refractivity contribution in [3.63, 3.8) is 0 Å². The molecular formula is C14H16N2O4. The van der Waals surface area contributed by atoms with Crippen molar-refractivity contribution in [3.8, 4) is 5.75 Å². The maximum atomic E-state index is 12.0. The molecule has 6 heteroatoms. The van der Waals surface area contributed by atoms with Crippen LogP contribution in [0, 0.1) is 0 Å². The first-order chi connectivity index (χ1) is 9.60. The van der Waals surface area contributed by atoms with Gasteiger partial charge in [0.05, 0.1) is 5.69 Å². The largest absolute Gasteiger partial charge is 0.482 e. The summed E-state index contributed by atoms with van der Waals surface area (Å²) < 4.78 is 5.21. The van der Waals surface area contributed by atoms with Crippen molar-refractivity contribution >= 4 is 23.3 Å². The van der Waals surface area contributed by atoms with Gasteiger partial charge in [0.2, 0.25) is 5.91 Å². The van der Waals surface area contributed by atoms with Crippen LogP contribution in [0.5, 0.6) is 5.75 Å². The number of anilines is 1. The van der Waals surface area contributed by atoms with E-state index in [0.717, 1.165) is 0 Å². The minimum atomic E-state index is -0.246. The van der Waals surface area contributed by atoms with Gasteiger partial charge in [0.15, 0.2) is 12.4 Å². The fourth-order valence-electron chi connectivity index (χ4n) is 1.91. The van der Waals surface area contributed by atoms with E-state index in [1.165, 1.54) is 0 Å². The highest BCUT2D eigenvalue weighted by Gasteiger charge is 2.18. The summed E-state index contributed by atoms with van der Waals surface area (Å²) in [5.74, 6) is 0.0172. The quantitative estimate of drug-likeness (QED) is 0.789. The van der Waals surface area contributed by atoms with E-state index in [4.69, 9.17) is 4.74 Å². The van der Waals surface area contributed by atoms with E-state index in [1.54, 1.807) is 18.2 Å². The van der Waals surface area contributed by atoms with Crippen LogP contribution in [0.15, 0.2) is 18.2 Å². The van der Waals surface area contributed by atoms with E-state index < -0.39 is 0 Å². The van der Waals surface area contributed by atoms with E-state index in [9.17, 15) is 14.4 Å². The van der Waals surface area contributed by atoms with Gasteiger partial charge in [-0.25, -0.2) is 0 Å². The monoisotopic (exact) mass is 276 g/mol. The molecule has 6 nitrogen and oxygen atoms in total. The van der Waals surface area contributed by atoms with Crippen LogP contribution in [-0.2, 0) is 9.59 Å². The Labute approximate surface area is 116 Å². The topological polar surface area (TPSA) is 84.5 Å². The number of hydrogen-bond acceptors (Lipinski definition) is 4. The number of Topliss-reactive ketones (excluding diaryl/α,β-unsaturated/α-hetero) is 1. The zero-order chi connectivity index (χ0) is 14.5. The lowest BCUT2D eigenvalue weighted by Gasteiger charge is -2.18. The van der Waals surface area contributed by atoms with Crippen LogP contribution in [0.25, 0.3) is 0 Å². The van der Waals surface area contributed by atoms with Crippen LogP contribution in [0.3, 0.4) is 0 Å². The first-order valence-corrected chi connectivity index (χ1v) is 6.46. The number of fused-ring (bicyclic) bond motifs is 1. The Bertz CT molecular complexity index is 554. The molecule has 0 saturated heterocycles. The summed E-state index contributed by atoms with van der Waals surface area (Å²) in [4.78, 5) is 34.5. The highest BCUT2D eigenvalue weighted by Crippen LogP contribution is 2.28. The maximum absolute atomic E-state index is 12.0. The van der Waals surface area contributed by atoms with Gasteiger partial charge in [-0.3, -0.25) is 14.4 Å². The number of rotatable bonds is 5. The van der Waals surface area contributed by atoms with Gasteiger partial charge in [-0.15, -0.1) is 0 Å². The van der Waals surface area contributed by atoms with E-state index >= 15 is 0 Å². The molecule has 2 amide bonds. The molecule has 0 bridgehead atoms. The van der Waals surface area contributed by atoms with Gasteiger partial charge < -0.3 is 15.4 Å². The van der Waals surface area contributed by atoms with E-state index in [1.807, 2.05) is 6.92 Å². The molecule has 1 aliphatic heterocycles. The summed E-state index contributed by atoms with van der Waals surface area (Å²) >= 11 is 0. The van der Waals surface area contributed by atoms with Crippen LogP contribution in [-0.4, -0.2) is 30.7 Å². The first-order valence-electron chi connectivity index (χ1n) is 6.46. The predicted molar refractivity (Wildman–Crippen MR) is 72.8 cm³/mol. The summed E-state index contributed by atoms with van der Waals surface area (Å²) in [6.45, 7) is 2.36. The number of ketones is 1. The standard InChI is InChI=1S/C14H16N2O4/c1-2-15-13(18)6-4-11(17)9-3-5-12-10(7-9)16-14(19)8-20-12/h3,5,7H,2,4,6,8H2,1H3,(H,15,18)(H,16,19). The second-order valence-corrected chi connectivity index (χ2v) is 4.42. The zero-order valence-corrected chi connectivity index (χ0v) is 11.2. The third kappa shape index (κ3) is 3.34. The number of carbonyl (C=O) groups excluding carboxylic acids is 3. The smallest absolute Gasteiger partial charge is 0.262 e. The average Bonchev–Trinajstić information content (AvgIpc) is 2.44. The van der Waals surface area contributed by atoms with Gasteiger partial charge in [-0.1, -0.05) is 0 Å². The number of benzene rings is 1. The Balaban J connectivity index is 2.02. The van der Waals surface area contributed by atoms with Crippen molar-refractivity contribution in [1.29, 1.82) is 0 Å². The number of carbonyl (C=O) groups is 3. The van der Waals surface area contributed by atoms with Crippen LogP contribution in [0.1, 0.15) is 30.1 Å². The molecule has 0 aromatic heterocycles. The fourth-order valence-corrected chi connectivity index (χ4v) is 1.91. The molecule has 106 valence electrons. The molecule has 2 rings (SSSR count). The Hall–Kier alpha value is -2.37. The lowest BCUT2D eigenvalue weighted by atomic mass is 10.0. The average molecular weight is 276 g/mol. The lowest BCUT2D eigenvalue weighted by Crippen LogP contribution is -2.25. The van der Waals surface area contributed by atoms with E-state index in [-0.39, 0.29) is 37.0 Å². The minimum absolute atomic E-state index is 0.0164. The van der Waals surface area contributed by atoms with Gasteiger partial charge in [0.25, 0.3) is 5.91 Å². The minimum Gasteiger partial charge on any atom is -0.482 e. The van der Waals surface area contributed by atoms with Crippen LogP contribution < -0.4 is 15.4 Å². The van der Waals surface area contributed by atoms with Crippen molar-refractivity contribution < 1.29 is 19.1 Å². The summed E-state index contributed by atoms with van der Waals surface area (Å²) in [5, 5.41) is 5.28. The Morgan fingerprint density at radius 1 is 1.35 bits per heavy atom. The summed E-state index contributed by atoms with van der Waals surface area (Å²) in [6, 6.07) is 4.86. The molecule has 0 radical (unpaired) electrons. The number of hydrogen-bond donors (Lipinski definition) is 2. The molecule has 1 aliphatic rings. The second kappa shape index (κ2) is 6.18. The highest BCUT2D eigenvalue weighted by molar-refractivity contribution is 6.01. The van der Waals surface area contributed by atoms with E-state index in [0.29, 0.717) is 23.5 Å². The summed E-state index contributed by atoms with van der Waals surface area (Å²) in [5.41, 5.74) is 0.948. The molecule has 0 aliphatic carbocycles. The second-order valence-electron chi connectivity index (χ2n) is 4.42. The van der Waals surface area contributed by atoms with Gasteiger partial charge in [0, 0.05) is 24.9 Å². The summed E-state index contributed by atoms with van der Waals surface area (Å²) in [6.07, 6.45) is 0.298. The molecule has 1 aromatic rings. The fraction of sp³-hybridized carbons (Fsp3) is 0.357. The Kier molecular flexibility index (Phi) is 4.34. The van der Waals surface area contributed by atoms with Crippen LogP contribution >= 0.6 is 0 Å². The normalized spacial score (nSPS) is 12.9. The molecule has 1 aromatic carbocycles. The van der Waals surface area contributed by atoms with Crippen molar-refractivity contribution in [1.82, 2.24) is 5.32 Å². The molecule has 20 heavy (non-hydrogen) atoms. The molecule has 0 atom stereocenters. The Morgan fingerprint density at radius 3 is 2.90 bits per heavy atom. The molecule has 0 fully saturated rings. The SMILES string of the molecule is CCNC(=O)CCC(=O)c1ccc2c(c1)NC(=O)CO2. The molecule has 0 saturated carbocycles. The maximum Gasteiger partial charge on any atom is 0.262 e. The molecule has 0 spiro atoms. The van der Waals surface area contributed by atoms with Gasteiger partial charge in [-0.2, -0.15) is 0 Å². The van der Waals surface area contributed by atoms with Gasteiger partial charge >= 0.3 is 0 Å². The van der Waals surface area contributed by atoms with Crippen molar-refractivity contribution in [2.45, 2.75) is 19.8 Å². The third-order valence-corrected chi connectivity index (χ3v) is 2.89. The first kappa shape index (κ1) is 14.0. The highest BCUT2D eigenvalue weighted by atomic mass is 16.5.